The van der Waals surface area contributed by atoms with Crippen LogP contribution in [0.15, 0.2) is 0 Å². The average molecular weight is 644 g/mol. The van der Waals surface area contributed by atoms with Gasteiger partial charge in [0.05, 0.1) is 22.7 Å². The van der Waals surface area contributed by atoms with Gasteiger partial charge in [0.1, 0.15) is 12.6 Å². The molecule has 0 aromatic heterocycles. The Kier molecular flexibility index (Phi) is 10.2. The summed E-state index contributed by atoms with van der Waals surface area (Å²) in [6.45, 7) is 21.3. The first-order valence-electron chi connectivity index (χ1n) is 12.2. The van der Waals surface area contributed by atoms with Gasteiger partial charge in [0, 0.05) is 50.6 Å². The lowest BCUT2D eigenvalue weighted by Crippen LogP contribution is -2.60. The summed E-state index contributed by atoms with van der Waals surface area (Å²) in [6, 6.07) is -0.194. The zero-order valence-electron chi connectivity index (χ0n) is 23.5. The molecule has 1 aliphatic rings. The second kappa shape index (κ2) is 10.8. The quantitative estimate of drug-likeness (QED) is 0.106. The second-order valence-electron chi connectivity index (χ2n) is 14.1. The fourth-order valence-corrected chi connectivity index (χ4v) is 8.99. The molecule has 9 heteroatoms. The Bertz CT molecular complexity index is 776. The monoisotopic (exact) mass is 643 g/mol. The summed E-state index contributed by atoms with van der Waals surface area (Å²) in [5.41, 5.74) is -5.75. The molecule has 0 bridgehead atoms. The van der Waals surface area contributed by atoms with E-state index in [-0.39, 0.29) is 23.8 Å². The van der Waals surface area contributed by atoms with Crippen LogP contribution in [0, 0.1) is 27.1 Å². The minimum atomic E-state index is -1.50. The number of aldehydes is 2. The van der Waals surface area contributed by atoms with Crippen molar-refractivity contribution in [3.63, 3.8) is 0 Å². The lowest BCUT2D eigenvalue weighted by molar-refractivity contribution is -0.178. The van der Waals surface area contributed by atoms with Crippen LogP contribution in [0.2, 0.25) is 0 Å². The van der Waals surface area contributed by atoms with E-state index in [2.05, 4.69) is 44.5 Å². The third-order valence-electron chi connectivity index (χ3n) is 7.93. The molecule has 0 aliphatic carbocycles. The summed E-state index contributed by atoms with van der Waals surface area (Å²) in [4.78, 5) is 38.3. The molecule has 1 fully saturated rings. The van der Waals surface area contributed by atoms with Crippen LogP contribution < -0.4 is 0 Å². The molecule has 0 aromatic carbocycles. The maximum Gasteiger partial charge on any atom is 0.243 e. The zero-order chi connectivity index (χ0) is 27.9. The molecule has 1 aliphatic heterocycles. The van der Waals surface area contributed by atoms with Crippen LogP contribution >= 0.6 is 39.8 Å². The Morgan fingerprint density at radius 2 is 1.46 bits per heavy atom. The summed E-state index contributed by atoms with van der Waals surface area (Å²) in [5.74, 6) is -0.141. The Labute approximate surface area is 231 Å². The molecule has 0 radical (unpaired) electrons. The summed E-state index contributed by atoms with van der Waals surface area (Å²) >= 11 is 2.14. The number of carbonyl (C=O) groups excluding carboxylic acids is 3. The fraction of sp³-hybridized carbons (Fsp3) is 0.885. The third kappa shape index (κ3) is 6.82. The lowest BCUT2D eigenvalue weighted by Gasteiger charge is -2.54. The number of hydrogen-bond donors (Lipinski definition) is 1. The molecule has 0 spiro atoms. The van der Waals surface area contributed by atoms with Gasteiger partial charge in [-0.15, -0.1) is 0 Å². The number of rotatable bonds is 13. The van der Waals surface area contributed by atoms with Gasteiger partial charge < -0.3 is 19.2 Å². The van der Waals surface area contributed by atoms with Crippen molar-refractivity contribution in [3.8, 4) is 0 Å². The van der Waals surface area contributed by atoms with Crippen LogP contribution in [-0.4, -0.2) is 45.1 Å². The average Bonchev–Trinajstić information content (AvgIpc) is 3.01. The molecular weight excluding hydrogens is 596 g/mol. The molecule has 1 N–H and O–H groups in total. The largest absolute Gasteiger partial charge is 0.389 e. The van der Waals surface area contributed by atoms with E-state index in [0.29, 0.717) is 19.3 Å². The van der Waals surface area contributed by atoms with Crippen LogP contribution in [0.4, 0.5) is 0 Å². The normalized spacial score (nSPS) is 24.5. The highest BCUT2D eigenvalue weighted by Gasteiger charge is 2.70. The van der Waals surface area contributed by atoms with E-state index in [4.69, 9.17) is 4.52 Å². The van der Waals surface area contributed by atoms with Crippen molar-refractivity contribution >= 4 is 58.3 Å². The molecule has 35 heavy (non-hydrogen) atoms. The van der Waals surface area contributed by atoms with Crippen molar-refractivity contribution < 1.29 is 24.0 Å². The van der Waals surface area contributed by atoms with Gasteiger partial charge in [0.2, 0.25) is 5.91 Å². The maximum absolute atomic E-state index is 14.5. The lowest BCUT2D eigenvalue weighted by atomic mass is 9.50. The fourth-order valence-electron chi connectivity index (χ4n) is 6.88. The van der Waals surface area contributed by atoms with Gasteiger partial charge in [0.25, 0.3) is 0 Å². The van der Waals surface area contributed by atoms with E-state index >= 15 is 0 Å². The van der Waals surface area contributed by atoms with Gasteiger partial charge in [-0.3, -0.25) is 9.10 Å². The summed E-state index contributed by atoms with van der Waals surface area (Å²) < 4.78 is 7.47. The predicted octanol–water partition coefficient (Wildman–Crippen LogP) is 6.58. The molecule has 1 heterocycles. The minimum absolute atomic E-state index is 0.132. The topological polar surface area (TPSA) is 83.9 Å². The number of carbonyl (C=O) groups is 3. The number of hydrogen-bond acceptors (Lipinski definition) is 6. The van der Waals surface area contributed by atoms with E-state index in [1.165, 1.54) is 9.12 Å². The number of halogens is 1. The molecule has 1 rings (SSSR count). The van der Waals surface area contributed by atoms with Crippen molar-refractivity contribution in [2.45, 2.75) is 119 Å². The highest BCUT2D eigenvalue weighted by molar-refractivity contribution is 14.2. The van der Waals surface area contributed by atoms with Gasteiger partial charge in [-0.25, -0.2) is 0 Å². The number of nitrogens with zero attached hydrogens (tertiary/aromatic N) is 1. The number of amides is 1. The van der Waals surface area contributed by atoms with E-state index in [0.717, 1.165) is 12.6 Å². The molecule has 0 saturated carbocycles. The predicted molar refractivity (Wildman–Crippen MR) is 156 cm³/mol. The molecule has 0 aromatic rings. The highest BCUT2D eigenvalue weighted by atomic mass is 127. The smallest absolute Gasteiger partial charge is 0.243 e. The highest BCUT2D eigenvalue weighted by Crippen LogP contribution is 2.64. The molecule has 1 saturated heterocycles. The van der Waals surface area contributed by atoms with E-state index < -0.39 is 32.9 Å². The first-order valence-corrected chi connectivity index (χ1v) is 15.9. The van der Waals surface area contributed by atoms with Gasteiger partial charge in [0.15, 0.2) is 0 Å². The minimum Gasteiger partial charge on any atom is -0.389 e. The van der Waals surface area contributed by atoms with Gasteiger partial charge in [-0.2, -0.15) is 0 Å². The first-order chi connectivity index (χ1) is 15.5. The van der Waals surface area contributed by atoms with Crippen LogP contribution in [0.3, 0.4) is 0 Å². The van der Waals surface area contributed by atoms with Crippen LogP contribution in [0.25, 0.3) is 0 Å². The Balaban J connectivity index is 3.85. The van der Waals surface area contributed by atoms with Crippen molar-refractivity contribution in [1.82, 2.24) is 4.31 Å². The Morgan fingerprint density at radius 3 is 1.86 bits per heavy atom. The Morgan fingerprint density at radius 1 is 1.00 bits per heavy atom. The third-order valence-corrected chi connectivity index (χ3v) is 10.4. The van der Waals surface area contributed by atoms with Crippen molar-refractivity contribution in [2.75, 3.05) is 0 Å². The van der Waals surface area contributed by atoms with Gasteiger partial charge in [-0.05, 0) is 57.3 Å². The molecule has 1 amide bonds. The second-order valence-corrected chi connectivity index (χ2v) is 16.0. The SMILES string of the molecule is CC(C)(C=O)CC(C)(C)C1(C(C)(O)CC(C)(C)C=O)CC(C(C)(C)CC(C)(C)OP)N(SI)C1=O. The molecule has 6 nitrogen and oxygen atoms in total. The van der Waals surface area contributed by atoms with Crippen molar-refractivity contribution in [3.05, 3.63) is 0 Å². The molecule has 204 valence electrons. The zero-order valence-corrected chi connectivity index (χ0v) is 27.6. The van der Waals surface area contributed by atoms with E-state index in [1.807, 2.05) is 45.8 Å². The Hall–Kier alpha value is 0.240. The first kappa shape index (κ1) is 33.3. The van der Waals surface area contributed by atoms with Crippen LogP contribution in [0.5, 0.6) is 0 Å². The summed E-state index contributed by atoms with van der Waals surface area (Å²) in [7, 11) is 3.69. The maximum atomic E-state index is 14.5. The summed E-state index contributed by atoms with van der Waals surface area (Å²) in [5, 5.41) is 12.2. The van der Waals surface area contributed by atoms with E-state index in [9.17, 15) is 19.5 Å². The standard InChI is InChI=1S/C26H47INO5PS/c1-20(2,16-29)13-23(7,8)26(25(11,32)14-21(3,4)17-30)12-18(28(35-27)19(26)31)22(5,6)15-24(9,10)33-34/h16-18,32H,12-15,34H2,1-11H3. The van der Waals surface area contributed by atoms with Crippen LogP contribution in [-0.2, 0) is 18.9 Å². The van der Waals surface area contributed by atoms with Crippen molar-refractivity contribution in [1.29, 1.82) is 0 Å². The van der Waals surface area contributed by atoms with Crippen molar-refractivity contribution in [2.24, 2.45) is 27.1 Å². The van der Waals surface area contributed by atoms with E-state index in [1.54, 1.807) is 20.8 Å². The summed E-state index contributed by atoms with van der Waals surface area (Å²) in [6.07, 6.45) is 3.42. The molecular formula is C26H47INO5PS. The molecule has 4 unspecified atom stereocenters. The van der Waals surface area contributed by atoms with Crippen LogP contribution in [0.1, 0.15) is 102 Å². The van der Waals surface area contributed by atoms with Gasteiger partial charge >= 0.3 is 0 Å². The van der Waals surface area contributed by atoms with Gasteiger partial charge in [-0.1, -0.05) is 55.4 Å². The molecule has 4 atom stereocenters. The number of aliphatic hydroxyl groups is 1.